The van der Waals surface area contributed by atoms with E-state index >= 15 is 0 Å². The predicted octanol–water partition coefficient (Wildman–Crippen LogP) is 1.37. The summed E-state index contributed by atoms with van der Waals surface area (Å²) >= 11 is 0. The number of nitrogens with one attached hydrogen (secondary N) is 1. The van der Waals surface area contributed by atoms with Crippen LogP contribution in [0.1, 0.15) is 12.5 Å². The van der Waals surface area contributed by atoms with E-state index in [4.69, 9.17) is 10.00 Å². The number of carbonyl (C=O) groups excluding carboxylic acids is 2. The van der Waals surface area contributed by atoms with E-state index in [0.717, 1.165) is 5.56 Å². The molecular formula is C13H14N2O4. The number of nitriles is 1. The zero-order chi connectivity index (χ0) is 14.1. The van der Waals surface area contributed by atoms with Gasteiger partial charge in [-0.25, -0.2) is 9.59 Å². The molecule has 1 aromatic rings. The van der Waals surface area contributed by atoms with Gasteiger partial charge < -0.3 is 14.8 Å². The number of ether oxygens (including phenoxy) is 2. The summed E-state index contributed by atoms with van der Waals surface area (Å²) in [5.74, 6) is -0.682. The van der Waals surface area contributed by atoms with E-state index in [1.165, 1.54) is 6.92 Å². The third-order valence-corrected chi connectivity index (χ3v) is 2.18. The SMILES string of the molecule is C[C@H](NC(=O)OCc1ccccc1)C(=O)OCC#N. The van der Waals surface area contributed by atoms with Gasteiger partial charge in [0.1, 0.15) is 18.7 Å². The van der Waals surface area contributed by atoms with Gasteiger partial charge in [-0.2, -0.15) is 5.26 Å². The highest BCUT2D eigenvalue weighted by atomic mass is 16.6. The summed E-state index contributed by atoms with van der Waals surface area (Å²) in [6.45, 7) is 1.22. The van der Waals surface area contributed by atoms with Crippen molar-refractivity contribution in [2.45, 2.75) is 19.6 Å². The van der Waals surface area contributed by atoms with E-state index < -0.39 is 18.1 Å². The Morgan fingerprint density at radius 3 is 2.63 bits per heavy atom. The molecule has 6 heteroatoms. The van der Waals surface area contributed by atoms with Crippen LogP contribution in [0, 0.1) is 11.3 Å². The molecule has 1 N–H and O–H groups in total. The molecule has 1 rings (SSSR count). The molecule has 1 amide bonds. The molecule has 6 nitrogen and oxygen atoms in total. The van der Waals surface area contributed by atoms with Gasteiger partial charge in [-0.15, -0.1) is 0 Å². The number of carbonyl (C=O) groups is 2. The van der Waals surface area contributed by atoms with Crippen LogP contribution in [0.3, 0.4) is 0 Å². The fourth-order valence-corrected chi connectivity index (χ4v) is 1.23. The van der Waals surface area contributed by atoms with Gasteiger partial charge >= 0.3 is 12.1 Å². The maximum Gasteiger partial charge on any atom is 0.408 e. The van der Waals surface area contributed by atoms with E-state index in [2.05, 4.69) is 10.1 Å². The number of rotatable bonds is 5. The molecule has 1 aromatic carbocycles. The van der Waals surface area contributed by atoms with Gasteiger partial charge in [0, 0.05) is 0 Å². The number of nitrogens with zero attached hydrogens (tertiary/aromatic N) is 1. The highest BCUT2D eigenvalue weighted by Gasteiger charge is 2.17. The molecule has 0 aliphatic carbocycles. The van der Waals surface area contributed by atoms with Crippen LogP contribution >= 0.6 is 0 Å². The number of alkyl carbamates (subject to hydrolysis) is 1. The molecule has 0 aromatic heterocycles. The van der Waals surface area contributed by atoms with E-state index in [1.54, 1.807) is 6.07 Å². The zero-order valence-electron chi connectivity index (χ0n) is 10.5. The maximum atomic E-state index is 11.4. The standard InChI is InChI=1S/C13H14N2O4/c1-10(12(16)18-8-7-14)15-13(17)19-9-11-5-3-2-4-6-11/h2-6,10H,8-9H2,1H3,(H,15,17)/t10-/m0/s1. The lowest BCUT2D eigenvalue weighted by Crippen LogP contribution is -2.39. The topological polar surface area (TPSA) is 88.4 Å². The number of benzene rings is 1. The van der Waals surface area contributed by atoms with Crippen molar-refractivity contribution in [1.29, 1.82) is 5.26 Å². The lowest BCUT2D eigenvalue weighted by Gasteiger charge is -2.12. The number of hydrogen-bond donors (Lipinski definition) is 1. The van der Waals surface area contributed by atoms with Crippen molar-refractivity contribution < 1.29 is 19.1 Å². The molecular weight excluding hydrogens is 248 g/mol. The highest BCUT2D eigenvalue weighted by molar-refractivity contribution is 5.80. The van der Waals surface area contributed by atoms with E-state index in [-0.39, 0.29) is 13.2 Å². The van der Waals surface area contributed by atoms with Crippen LogP contribution in [0.5, 0.6) is 0 Å². The van der Waals surface area contributed by atoms with E-state index in [1.807, 2.05) is 30.3 Å². The predicted molar refractivity (Wildman–Crippen MR) is 65.8 cm³/mol. The third-order valence-electron chi connectivity index (χ3n) is 2.18. The van der Waals surface area contributed by atoms with Gasteiger partial charge in [0.25, 0.3) is 0 Å². The van der Waals surface area contributed by atoms with Crippen LogP contribution in [0.15, 0.2) is 30.3 Å². The van der Waals surface area contributed by atoms with Crippen molar-refractivity contribution >= 4 is 12.1 Å². The quantitative estimate of drug-likeness (QED) is 0.809. The minimum atomic E-state index is -0.864. The smallest absolute Gasteiger partial charge is 0.408 e. The first-order valence-electron chi connectivity index (χ1n) is 5.64. The second kappa shape index (κ2) is 7.71. The van der Waals surface area contributed by atoms with Crippen LogP contribution in [0.25, 0.3) is 0 Å². The summed E-state index contributed by atoms with van der Waals surface area (Å²) in [5, 5.41) is 10.6. The number of esters is 1. The van der Waals surface area contributed by atoms with Gasteiger partial charge in [0.05, 0.1) is 0 Å². The summed E-state index contributed by atoms with van der Waals surface area (Å²) in [5.41, 5.74) is 0.845. The van der Waals surface area contributed by atoms with Crippen LogP contribution in [-0.2, 0) is 20.9 Å². The Hall–Kier alpha value is -2.55. The monoisotopic (exact) mass is 262 g/mol. The van der Waals surface area contributed by atoms with Gasteiger partial charge in [0.2, 0.25) is 0 Å². The second-order valence-electron chi connectivity index (χ2n) is 3.69. The van der Waals surface area contributed by atoms with Crippen LogP contribution in [0.4, 0.5) is 4.79 Å². The van der Waals surface area contributed by atoms with E-state index in [9.17, 15) is 9.59 Å². The van der Waals surface area contributed by atoms with Gasteiger partial charge in [-0.3, -0.25) is 0 Å². The summed E-state index contributed by atoms with van der Waals surface area (Å²) in [7, 11) is 0. The fraction of sp³-hybridized carbons (Fsp3) is 0.308. The Bertz CT molecular complexity index is 467. The van der Waals surface area contributed by atoms with Crippen molar-refractivity contribution in [2.75, 3.05) is 6.61 Å². The summed E-state index contributed by atoms with van der Waals surface area (Å²) in [4.78, 5) is 22.7. The maximum absolute atomic E-state index is 11.4. The molecule has 0 heterocycles. The van der Waals surface area contributed by atoms with Crippen molar-refractivity contribution in [1.82, 2.24) is 5.32 Å². The number of hydrogen-bond acceptors (Lipinski definition) is 5. The summed E-state index contributed by atoms with van der Waals surface area (Å²) < 4.78 is 9.48. The van der Waals surface area contributed by atoms with Crippen molar-refractivity contribution in [3.8, 4) is 6.07 Å². The van der Waals surface area contributed by atoms with E-state index in [0.29, 0.717) is 0 Å². The van der Waals surface area contributed by atoms with Crippen LogP contribution in [-0.4, -0.2) is 24.7 Å². The van der Waals surface area contributed by atoms with Crippen molar-refractivity contribution in [3.63, 3.8) is 0 Å². The number of amides is 1. The molecule has 0 fully saturated rings. The fourth-order valence-electron chi connectivity index (χ4n) is 1.23. The van der Waals surface area contributed by atoms with Crippen LogP contribution < -0.4 is 5.32 Å². The van der Waals surface area contributed by atoms with Crippen LogP contribution in [0.2, 0.25) is 0 Å². The minimum absolute atomic E-state index is 0.118. The molecule has 19 heavy (non-hydrogen) atoms. The Balaban J connectivity index is 2.31. The minimum Gasteiger partial charge on any atom is -0.449 e. The molecule has 0 aliphatic rings. The first-order chi connectivity index (χ1) is 9.13. The first-order valence-corrected chi connectivity index (χ1v) is 5.64. The molecule has 0 spiro atoms. The van der Waals surface area contributed by atoms with Gasteiger partial charge in [0.15, 0.2) is 6.61 Å². The molecule has 0 unspecified atom stereocenters. The van der Waals surface area contributed by atoms with Crippen molar-refractivity contribution in [3.05, 3.63) is 35.9 Å². The second-order valence-corrected chi connectivity index (χ2v) is 3.69. The van der Waals surface area contributed by atoms with Gasteiger partial charge in [-0.1, -0.05) is 30.3 Å². The van der Waals surface area contributed by atoms with Gasteiger partial charge in [-0.05, 0) is 12.5 Å². The molecule has 0 saturated heterocycles. The summed E-state index contributed by atoms with van der Waals surface area (Å²) in [6, 6.07) is 9.96. The van der Waals surface area contributed by atoms with Crippen molar-refractivity contribution in [2.24, 2.45) is 0 Å². The molecule has 100 valence electrons. The Morgan fingerprint density at radius 2 is 2.00 bits per heavy atom. The Morgan fingerprint density at radius 1 is 1.32 bits per heavy atom. The zero-order valence-corrected chi connectivity index (χ0v) is 10.5. The average molecular weight is 262 g/mol. The summed E-state index contributed by atoms with van der Waals surface area (Å²) in [6.07, 6.45) is -0.717. The molecule has 0 saturated carbocycles. The third kappa shape index (κ3) is 5.55. The lowest BCUT2D eigenvalue weighted by atomic mass is 10.2. The lowest BCUT2D eigenvalue weighted by molar-refractivity contribution is -0.144. The Labute approximate surface area is 110 Å². The largest absolute Gasteiger partial charge is 0.449 e. The Kier molecular flexibility index (Phi) is 5.89. The molecule has 0 bridgehead atoms. The molecule has 0 aliphatic heterocycles. The first kappa shape index (κ1) is 14.5. The normalized spacial score (nSPS) is 10.9. The highest BCUT2D eigenvalue weighted by Crippen LogP contribution is 2.00. The molecule has 0 radical (unpaired) electrons. The average Bonchev–Trinajstić information content (AvgIpc) is 2.43. The molecule has 1 atom stereocenters.